The maximum absolute atomic E-state index is 9.33. The molecule has 1 fully saturated rings. The van der Waals surface area contributed by atoms with E-state index in [-0.39, 0.29) is 12.6 Å². The van der Waals surface area contributed by atoms with Crippen molar-refractivity contribution in [1.29, 1.82) is 0 Å². The largest absolute Gasteiger partial charge is 0.390 e. The monoisotopic (exact) mass is 299 g/mol. The minimum atomic E-state index is 0.0339. The zero-order valence-corrected chi connectivity index (χ0v) is 13.4. The van der Waals surface area contributed by atoms with Crippen LogP contribution in [0.5, 0.6) is 0 Å². The fourth-order valence-corrected chi connectivity index (χ4v) is 3.79. The summed E-state index contributed by atoms with van der Waals surface area (Å²) in [6.07, 6.45) is 10.5. The zero-order chi connectivity index (χ0) is 15.5. The molecule has 0 amide bonds. The molecule has 1 unspecified atom stereocenters. The molecule has 0 bridgehead atoms. The molecule has 0 aromatic carbocycles. The van der Waals surface area contributed by atoms with E-state index in [1.165, 1.54) is 24.1 Å². The number of aliphatic hydroxyl groups is 1. The molecule has 0 aliphatic carbocycles. The Morgan fingerprint density at radius 3 is 3.00 bits per heavy atom. The number of dihydropyridines is 1. The first-order chi connectivity index (χ1) is 10.7. The van der Waals surface area contributed by atoms with Gasteiger partial charge in [0.15, 0.2) is 0 Å². The molecule has 0 spiro atoms. The van der Waals surface area contributed by atoms with Crippen LogP contribution >= 0.6 is 0 Å². The van der Waals surface area contributed by atoms with Gasteiger partial charge in [-0.3, -0.25) is 14.9 Å². The molecule has 3 rings (SSSR count). The third-order valence-corrected chi connectivity index (χ3v) is 4.98. The second-order valence-electron chi connectivity index (χ2n) is 6.37. The first-order valence-corrected chi connectivity index (χ1v) is 8.18. The van der Waals surface area contributed by atoms with Crippen molar-refractivity contribution in [2.45, 2.75) is 50.7 Å². The molecule has 0 saturated carbocycles. The van der Waals surface area contributed by atoms with Gasteiger partial charge >= 0.3 is 0 Å². The molecule has 1 aromatic heterocycles. The van der Waals surface area contributed by atoms with E-state index in [1.807, 2.05) is 18.3 Å². The summed E-state index contributed by atoms with van der Waals surface area (Å²) in [4.78, 5) is 11.8. The fourth-order valence-electron chi connectivity index (χ4n) is 3.79. The molecular weight excluding hydrogens is 274 g/mol. The van der Waals surface area contributed by atoms with Crippen molar-refractivity contribution in [3.8, 4) is 0 Å². The lowest BCUT2D eigenvalue weighted by atomic mass is 9.87. The first-order valence-electron chi connectivity index (χ1n) is 8.18. The molecule has 4 nitrogen and oxygen atoms in total. The Morgan fingerprint density at radius 2 is 2.23 bits per heavy atom. The third kappa shape index (κ3) is 2.99. The van der Waals surface area contributed by atoms with E-state index in [0.717, 1.165) is 18.6 Å². The molecule has 118 valence electrons. The van der Waals surface area contributed by atoms with Gasteiger partial charge in [0.25, 0.3) is 0 Å². The van der Waals surface area contributed by atoms with Gasteiger partial charge in [-0.1, -0.05) is 12.1 Å². The lowest BCUT2D eigenvalue weighted by Crippen LogP contribution is -2.46. The van der Waals surface area contributed by atoms with Gasteiger partial charge in [-0.2, -0.15) is 0 Å². The van der Waals surface area contributed by atoms with Gasteiger partial charge in [-0.05, 0) is 57.4 Å². The van der Waals surface area contributed by atoms with Crippen LogP contribution < -0.4 is 0 Å². The van der Waals surface area contributed by atoms with E-state index in [0.29, 0.717) is 12.1 Å². The quantitative estimate of drug-likeness (QED) is 0.933. The van der Waals surface area contributed by atoms with Crippen molar-refractivity contribution in [3.05, 3.63) is 41.7 Å². The number of rotatable bonds is 3. The van der Waals surface area contributed by atoms with Gasteiger partial charge in [0.1, 0.15) is 0 Å². The number of hydrogen-bond acceptors (Lipinski definition) is 4. The Bertz CT molecular complexity index is 581. The number of likely N-dealkylation sites (N-methyl/N-ethyl adjacent to an activating group) is 1. The first kappa shape index (κ1) is 15.4. The molecule has 22 heavy (non-hydrogen) atoms. The van der Waals surface area contributed by atoms with Gasteiger partial charge in [-0.15, -0.1) is 0 Å². The zero-order valence-electron chi connectivity index (χ0n) is 13.4. The van der Waals surface area contributed by atoms with Crippen molar-refractivity contribution >= 4 is 5.71 Å². The van der Waals surface area contributed by atoms with Gasteiger partial charge in [0, 0.05) is 12.2 Å². The van der Waals surface area contributed by atoms with Crippen molar-refractivity contribution in [2.75, 3.05) is 13.7 Å². The Hall–Kier alpha value is -1.52. The molecule has 3 atom stereocenters. The van der Waals surface area contributed by atoms with Gasteiger partial charge < -0.3 is 5.11 Å². The van der Waals surface area contributed by atoms with Crippen molar-refractivity contribution in [3.63, 3.8) is 0 Å². The van der Waals surface area contributed by atoms with Crippen LogP contribution in [0.25, 0.3) is 0 Å². The molecule has 1 N–H and O–H groups in total. The lowest BCUT2D eigenvalue weighted by Gasteiger charge is -2.42. The Balaban J connectivity index is 1.81. The summed E-state index contributed by atoms with van der Waals surface area (Å²) in [5.41, 5.74) is 3.27. The normalized spacial score (nSPS) is 29.4. The van der Waals surface area contributed by atoms with Crippen LogP contribution in [-0.4, -0.2) is 46.4 Å². The minimum Gasteiger partial charge on any atom is -0.390 e. The lowest BCUT2D eigenvalue weighted by molar-refractivity contribution is 0.0940. The average Bonchev–Trinajstić information content (AvgIpc) is 2.56. The predicted molar refractivity (Wildman–Crippen MR) is 89.2 cm³/mol. The standard InChI is InChI=1S/C18H25N3O/c1-13-6-5-11-19-18(13)17-10-4-9-16(21(17)2)15-8-3-7-14(12-22)20-15/h3,5-7,11,15-17,22H,4,8-10,12H2,1-2H3/t15?,16-,17+/m1/s1. The van der Waals surface area contributed by atoms with Crippen LogP contribution in [0.3, 0.4) is 0 Å². The summed E-state index contributed by atoms with van der Waals surface area (Å²) in [7, 11) is 2.20. The van der Waals surface area contributed by atoms with Crippen molar-refractivity contribution in [2.24, 2.45) is 4.99 Å². The number of likely N-dealkylation sites (tertiary alicyclic amines) is 1. The molecule has 2 aliphatic rings. The number of aliphatic imine (C=N–C) groups is 1. The fraction of sp³-hybridized carbons (Fsp3) is 0.556. The van der Waals surface area contributed by atoms with E-state index < -0.39 is 0 Å². The van der Waals surface area contributed by atoms with Gasteiger partial charge in [0.2, 0.25) is 0 Å². The molecule has 2 aliphatic heterocycles. The summed E-state index contributed by atoms with van der Waals surface area (Å²) < 4.78 is 0. The van der Waals surface area contributed by atoms with Gasteiger partial charge in [0.05, 0.1) is 30.1 Å². The Labute approximate surface area is 132 Å². The van der Waals surface area contributed by atoms with Crippen LogP contribution in [0.15, 0.2) is 35.5 Å². The summed E-state index contributed by atoms with van der Waals surface area (Å²) >= 11 is 0. The maximum atomic E-state index is 9.33. The highest BCUT2D eigenvalue weighted by molar-refractivity contribution is 5.96. The summed E-state index contributed by atoms with van der Waals surface area (Å²) in [6, 6.07) is 5.20. The van der Waals surface area contributed by atoms with Crippen LogP contribution in [-0.2, 0) is 0 Å². The summed E-state index contributed by atoms with van der Waals surface area (Å²) in [5.74, 6) is 0. The van der Waals surface area contributed by atoms with Crippen LogP contribution in [0, 0.1) is 6.92 Å². The highest BCUT2D eigenvalue weighted by atomic mass is 16.3. The van der Waals surface area contributed by atoms with Crippen LogP contribution in [0.4, 0.5) is 0 Å². The van der Waals surface area contributed by atoms with Crippen molar-refractivity contribution < 1.29 is 5.11 Å². The number of aliphatic hydroxyl groups excluding tert-OH is 1. The Kier molecular flexibility index (Phi) is 4.69. The average molecular weight is 299 g/mol. The second kappa shape index (κ2) is 6.71. The van der Waals surface area contributed by atoms with Crippen LogP contribution in [0.1, 0.15) is 43.0 Å². The number of aromatic nitrogens is 1. The second-order valence-corrected chi connectivity index (χ2v) is 6.37. The van der Waals surface area contributed by atoms with E-state index in [1.54, 1.807) is 0 Å². The van der Waals surface area contributed by atoms with E-state index in [9.17, 15) is 5.11 Å². The maximum Gasteiger partial charge on any atom is 0.0848 e. The molecular formula is C18H25N3O. The van der Waals surface area contributed by atoms with E-state index in [2.05, 4.69) is 36.0 Å². The number of nitrogens with zero attached hydrogens (tertiary/aromatic N) is 3. The third-order valence-electron chi connectivity index (χ3n) is 4.98. The minimum absolute atomic E-state index is 0.0339. The molecule has 1 saturated heterocycles. The molecule has 1 aromatic rings. The van der Waals surface area contributed by atoms with Gasteiger partial charge in [-0.25, -0.2) is 0 Å². The molecule has 0 radical (unpaired) electrons. The van der Waals surface area contributed by atoms with E-state index >= 15 is 0 Å². The molecule has 4 heteroatoms. The topological polar surface area (TPSA) is 48.7 Å². The number of hydrogen-bond donors (Lipinski definition) is 1. The molecule has 3 heterocycles. The summed E-state index contributed by atoms with van der Waals surface area (Å²) in [5, 5.41) is 9.33. The highest BCUT2D eigenvalue weighted by Crippen LogP contribution is 2.36. The number of pyridine rings is 1. The smallest absolute Gasteiger partial charge is 0.0848 e. The van der Waals surface area contributed by atoms with Crippen molar-refractivity contribution in [1.82, 2.24) is 9.88 Å². The van der Waals surface area contributed by atoms with Crippen LogP contribution in [0.2, 0.25) is 0 Å². The highest BCUT2D eigenvalue weighted by Gasteiger charge is 2.35. The SMILES string of the molecule is Cc1cccnc1[C@@H]1CCC[C@H](C2CC=CC(CO)=N2)N1C. The number of piperidine rings is 1. The Morgan fingerprint density at radius 1 is 1.36 bits per heavy atom. The number of aryl methyl sites for hydroxylation is 1. The van der Waals surface area contributed by atoms with E-state index in [4.69, 9.17) is 4.99 Å². The predicted octanol–water partition coefficient (Wildman–Crippen LogP) is 2.68. The summed E-state index contributed by atoms with van der Waals surface area (Å²) in [6.45, 7) is 2.18.